The number of amides is 1. The summed E-state index contributed by atoms with van der Waals surface area (Å²) in [5.74, 6) is -1.61. The zero-order chi connectivity index (χ0) is 26.2. The number of fused-ring (bicyclic) bond motifs is 3. The lowest BCUT2D eigenvalue weighted by molar-refractivity contribution is -0.137. The molecular formula is C28H26F5N3O. The van der Waals surface area contributed by atoms with E-state index < -0.39 is 23.5 Å². The van der Waals surface area contributed by atoms with Crippen LogP contribution in [0.25, 0.3) is 0 Å². The monoisotopic (exact) mass is 515 g/mol. The summed E-state index contributed by atoms with van der Waals surface area (Å²) < 4.78 is 67.2. The van der Waals surface area contributed by atoms with Crippen LogP contribution in [0.3, 0.4) is 0 Å². The molecule has 0 aromatic heterocycles. The summed E-state index contributed by atoms with van der Waals surface area (Å²) in [6.07, 6.45) is -4.31. The van der Waals surface area contributed by atoms with Crippen LogP contribution in [0.5, 0.6) is 0 Å². The van der Waals surface area contributed by atoms with Gasteiger partial charge in [-0.2, -0.15) is 13.2 Å². The van der Waals surface area contributed by atoms with Crippen LogP contribution in [0.4, 0.5) is 27.6 Å². The molecule has 5 rings (SSSR count). The first-order valence-corrected chi connectivity index (χ1v) is 12.1. The van der Waals surface area contributed by atoms with Gasteiger partial charge in [0.2, 0.25) is 5.91 Å². The fourth-order valence-corrected chi connectivity index (χ4v) is 5.32. The van der Waals surface area contributed by atoms with E-state index in [-0.39, 0.29) is 30.7 Å². The van der Waals surface area contributed by atoms with E-state index in [0.717, 1.165) is 17.7 Å². The third-order valence-corrected chi connectivity index (χ3v) is 7.14. The van der Waals surface area contributed by atoms with Crippen LogP contribution >= 0.6 is 0 Å². The molecule has 1 N–H and O–H groups in total. The highest BCUT2D eigenvalue weighted by Gasteiger charge is 2.42. The van der Waals surface area contributed by atoms with E-state index in [1.54, 1.807) is 24.3 Å². The largest absolute Gasteiger partial charge is 0.416 e. The Morgan fingerprint density at radius 1 is 0.919 bits per heavy atom. The van der Waals surface area contributed by atoms with E-state index in [4.69, 9.17) is 0 Å². The van der Waals surface area contributed by atoms with Crippen LogP contribution in [0.2, 0.25) is 0 Å². The molecule has 2 unspecified atom stereocenters. The highest BCUT2D eigenvalue weighted by molar-refractivity contribution is 5.82. The van der Waals surface area contributed by atoms with Crippen molar-refractivity contribution in [3.05, 3.63) is 101 Å². The SMILES string of the molecule is O=C(NCc1cccc(F)c1)C1Cc2cc(C(F)(F)F)ccc2N2CCN(Cc3ccc(F)cc3)CC12. The first kappa shape index (κ1) is 25.2. The number of alkyl halides is 3. The number of anilines is 1. The highest BCUT2D eigenvalue weighted by Crippen LogP contribution is 2.40. The molecule has 0 bridgehead atoms. The predicted molar refractivity (Wildman–Crippen MR) is 130 cm³/mol. The zero-order valence-electron chi connectivity index (χ0n) is 19.9. The highest BCUT2D eigenvalue weighted by atomic mass is 19.4. The van der Waals surface area contributed by atoms with Crippen LogP contribution in [-0.2, 0) is 30.5 Å². The number of piperazine rings is 1. The molecule has 2 heterocycles. The summed E-state index contributed by atoms with van der Waals surface area (Å²) in [4.78, 5) is 17.6. The summed E-state index contributed by atoms with van der Waals surface area (Å²) in [6, 6.07) is 15.6. The number of carbonyl (C=O) groups excluding carboxylic acids is 1. The van der Waals surface area contributed by atoms with E-state index in [1.807, 2.05) is 4.90 Å². The molecule has 0 spiro atoms. The Morgan fingerprint density at radius 2 is 1.70 bits per heavy atom. The summed E-state index contributed by atoms with van der Waals surface area (Å²) >= 11 is 0. The molecule has 1 fully saturated rings. The van der Waals surface area contributed by atoms with Gasteiger partial charge < -0.3 is 10.2 Å². The molecule has 4 nitrogen and oxygen atoms in total. The first-order chi connectivity index (χ1) is 17.7. The van der Waals surface area contributed by atoms with Gasteiger partial charge in [0.1, 0.15) is 11.6 Å². The topological polar surface area (TPSA) is 35.6 Å². The van der Waals surface area contributed by atoms with Gasteiger partial charge in [0.15, 0.2) is 0 Å². The van der Waals surface area contributed by atoms with Gasteiger partial charge in [-0.15, -0.1) is 0 Å². The second-order valence-corrected chi connectivity index (χ2v) is 9.62. The second-order valence-electron chi connectivity index (χ2n) is 9.62. The van der Waals surface area contributed by atoms with Crippen LogP contribution in [0.15, 0.2) is 66.7 Å². The second kappa shape index (κ2) is 10.1. The third kappa shape index (κ3) is 5.61. The maximum Gasteiger partial charge on any atom is 0.416 e. The van der Waals surface area contributed by atoms with Crippen LogP contribution < -0.4 is 10.2 Å². The number of benzene rings is 3. The maximum atomic E-state index is 13.6. The lowest BCUT2D eigenvalue weighted by Crippen LogP contribution is -2.60. The van der Waals surface area contributed by atoms with Crippen molar-refractivity contribution >= 4 is 11.6 Å². The van der Waals surface area contributed by atoms with E-state index in [9.17, 15) is 26.7 Å². The van der Waals surface area contributed by atoms with Crippen molar-refractivity contribution in [1.82, 2.24) is 10.2 Å². The van der Waals surface area contributed by atoms with Crippen LogP contribution in [0.1, 0.15) is 22.3 Å². The van der Waals surface area contributed by atoms with Gasteiger partial charge in [0, 0.05) is 38.4 Å². The summed E-state index contributed by atoms with van der Waals surface area (Å²) in [7, 11) is 0. The van der Waals surface area contributed by atoms with Crippen LogP contribution in [-0.4, -0.2) is 36.5 Å². The fraction of sp³-hybridized carbons (Fsp3) is 0.321. The Balaban J connectivity index is 1.40. The molecule has 2 aliphatic heterocycles. The number of nitrogens with one attached hydrogen (secondary N) is 1. The molecule has 2 aliphatic rings. The first-order valence-electron chi connectivity index (χ1n) is 12.1. The summed E-state index contributed by atoms with van der Waals surface area (Å²) in [5, 5.41) is 2.86. The number of halogens is 5. The van der Waals surface area contributed by atoms with Crippen molar-refractivity contribution in [3.8, 4) is 0 Å². The van der Waals surface area contributed by atoms with Crippen molar-refractivity contribution < 1.29 is 26.7 Å². The van der Waals surface area contributed by atoms with E-state index in [1.165, 1.54) is 30.3 Å². The van der Waals surface area contributed by atoms with Gasteiger partial charge in [-0.05, 0) is 65.6 Å². The number of nitrogens with zero attached hydrogens (tertiary/aromatic N) is 2. The lowest BCUT2D eigenvalue weighted by Gasteiger charge is -2.49. The van der Waals surface area contributed by atoms with E-state index >= 15 is 0 Å². The number of rotatable bonds is 5. The van der Waals surface area contributed by atoms with Gasteiger partial charge in [0.25, 0.3) is 0 Å². The molecule has 0 radical (unpaired) electrons. The molecule has 3 aromatic rings. The quantitative estimate of drug-likeness (QED) is 0.477. The molecule has 194 valence electrons. The Labute approximate surface area is 211 Å². The van der Waals surface area contributed by atoms with Crippen LogP contribution in [0, 0.1) is 17.6 Å². The lowest BCUT2D eigenvalue weighted by atomic mass is 9.82. The van der Waals surface area contributed by atoms with Crippen molar-refractivity contribution in [1.29, 1.82) is 0 Å². The zero-order valence-corrected chi connectivity index (χ0v) is 19.9. The number of carbonyl (C=O) groups is 1. The number of hydrogen-bond donors (Lipinski definition) is 1. The van der Waals surface area contributed by atoms with Gasteiger partial charge in [-0.1, -0.05) is 24.3 Å². The molecule has 0 aliphatic carbocycles. The predicted octanol–water partition coefficient (Wildman–Crippen LogP) is 5.16. The van der Waals surface area contributed by atoms with Crippen molar-refractivity contribution in [2.45, 2.75) is 31.7 Å². The average Bonchev–Trinajstić information content (AvgIpc) is 2.87. The standard InChI is InChI=1S/C28H26F5N3O/c29-22-7-4-18(5-8-22)16-35-10-11-36-25-9-6-21(28(31,32)33)13-20(25)14-24(26(36)17-35)27(37)34-15-19-2-1-3-23(30)12-19/h1-9,12-13,24,26H,10-11,14-17H2,(H,34,37). The van der Waals surface area contributed by atoms with Gasteiger partial charge in [0.05, 0.1) is 17.5 Å². The Hall–Kier alpha value is -3.46. The minimum absolute atomic E-state index is 0.120. The van der Waals surface area contributed by atoms with E-state index in [0.29, 0.717) is 43.0 Å². The molecule has 9 heteroatoms. The maximum absolute atomic E-state index is 13.6. The fourth-order valence-electron chi connectivity index (χ4n) is 5.32. The van der Waals surface area contributed by atoms with Gasteiger partial charge in [-0.25, -0.2) is 8.78 Å². The normalized spacial score (nSPS) is 19.8. The van der Waals surface area contributed by atoms with Crippen molar-refractivity contribution in [3.63, 3.8) is 0 Å². The van der Waals surface area contributed by atoms with Crippen molar-refractivity contribution in [2.24, 2.45) is 5.92 Å². The average molecular weight is 516 g/mol. The molecule has 3 aromatic carbocycles. The molecule has 2 atom stereocenters. The Morgan fingerprint density at radius 3 is 2.43 bits per heavy atom. The minimum Gasteiger partial charge on any atom is -0.365 e. The summed E-state index contributed by atoms with van der Waals surface area (Å²) in [5.41, 5.74) is 2.01. The van der Waals surface area contributed by atoms with Gasteiger partial charge >= 0.3 is 6.18 Å². The van der Waals surface area contributed by atoms with Gasteiger partial charge in [-0.3, -0.25) is 9.69 Å². The Bertz CT molecular complexity index is 1280. The molecule has 1 saturated heterocycles. The third-order valence-electron chi connectivity index (χ3n) is 7.14. The summed E-state index contributed by atoms with van der Waals surface area (Å²) in [6.45, 7) is 2.40. The van der Waals surface area contributed by atoms with Crippen molar-refractivity contribution in [2.75, 3.05) is 24.5 Å². The molecular weight excluding hydrogens is 489 g/mol. The van der Waals surface area contributed by atoms with E-state index in [2.05, 4.69) is 10.2 Å². The number of hydrogen-bond acceptors (Lipinski definition) is 3. The molecule has 37 heavy (non-hydrogen) atoms. The minimum atomic E-state index is -4.48. The Kier molecular flexibility index (Phi) is 6.90. The molecule has 0 saturated carbocycles. The smallest absolute Gasteiger partial charge is 0.365 e. The molecule has 1 amide bonds.